The number of hydrogen-bond donors (Lipinski definition) is 2. The van der Waals surface area contributed by atoms with Gasteiger partial charge in [-0.3, -0.25) is 4.79 Å². The molecule has 0 aromatic heterocycles. The highest BCUT2D eigenvalue weighted by Gasteiger charge is 2.42. The molecule has 2 aliphatic carbocycles. The molecule has 2 fully saturated rings. The van der Waals surface area contributed by atoms with Gasteiger partial charge in [-0.05, 0) is 55.7 Å². The highest BCUT2D eigenvalue weighted by molar-refractivity contribution is 5.93. The number of benzene rings is 1. The van der Waals surface area contributed by atoms with E-state index in [9.17, 15) is 4.79 Å². The summed E-state index contributed by atoms with van der Waals surface area (Å²) in [7, 11) is 0. The first-order chi connectivity index (χ1) is 9.13. The molecule has 0 saturated heterocycles. The lowest BCUT2D eigenvalue weighted by Crippen LogP contribution is -2.27. The number of amides is 1. The van der Waals surface area contributed by atoms with E-state index in [1.807, 2.05) is 31.2 Å². The summed E-state index contributed by atoms with van der Waals surface area (Å²) in [6.07, 6.45) is 4.93. The third kappa shape index (κ3) is 2.52. The Morgan fingerprint density at radius 2 is 2.00 bits per heavy atom. The molecule has 3 heteroatoms. The van der Waals surface area contributed by atoms with Crippen molar-refractivity contribution in [3.8, 4) is 0 Å². The van der Waals surface area contributed by atoms with Crippen LogP contribution < -0.4 is 11.1 Å². The fourth-order valence-electron chi connectivity index (χ4n) is 3.67. The van der Waals surface area contributed by atoms with Crippen molar-refractivity contribution in [2.75, 3.05) is 5.32 Å². The molecule has 3 N–H and O–H groups in total. The Labute approximate surface area is 114 Å². The fraction of sp³-hybridized carbons (Fsp3) is 0.562. The molecule has 1 aromatic rings. The van der Waals surface area contributed by atoms with Gasteiger partial charge in [0.05, 0.1) is 0 Å². The third-order valence-corrected chi connectivity index (χ3v) is 4.78. The SMILES string of the molecule is CC(N)c1ccc(NC(=O)C2CC3CCC2C3)cc1. The van der Waals surface area contributed by atoms with Gasteiger partial charge in [0, 0.05) is 17.6 Å². The summed E-state index contributed by atoms with van der Waals surface area (Å²) in [4.78, 5) is 12.3. The molecule has 4 unspecified atom stereocenters. The smallest absolute Gasteiger partial charge is 0.227 e. The normalized spacial score (nSPS) is 30.3. The summed E-state index contributed by atoms with van der Waals surface area (Å²) in [6.45, 7) is 1.96. The van der Waals surface area contributed by atoms with Gasteiger partial charge in [-0.15, -0.1) is 0 Å². The van der Waals surface area contributed by atoms with E-state index in [1.165, 1.54) is 19.3 Å². The molecule has 0 aliphatic heterocycles. The summed E-state index contributed by atoms with van der Waals surface area (Å²) in [6, 6.07) is 7.91. The largest absolute Gasteiger partial charge is 0.326 e. The molecule has 1 aromatic carbocycles. The molecular formula is C16H22N2O. The number of nitrogens with two attached hydrogens (primary N) is 1. The van der Waals surface area contributed by atoms with Crippen LogP contribution >= 0.6 is 0 Å². The monoisotopic (exact) mass is 258 g/mol. The molecule has 1 amide bonds. The van der Waals surface area contributed by atoms with Crippen LogP contribution in [0.2, 0.25) is 0 Å². The Kier molecular flexibility index (Phi) is 3.31. The van der Waals surface area contributed by atoms with Gasteiger partial charge in [0.2, 0.25) is 5.91 Å². The molecule has 0 radical (unpaired) electrons. The van der Waals surface area contributed by atoms with Gasteiger partial charge in [0.15, 0.2) is 0 Å². The first kappa shape index (κ1) is 12.7. The van der Waals surface area contributed by atoms with Crippen molar-refractivity contribution < 1.29 is 4.79 Å². The van der Waals surface area contributed by atoms with E-state index in [0.717, 1.165) is 23.6 Å². The van der Waals surface area contributed by atoms with Crippen LogP contribution in [0.5, 0.6) is 0 Å². The molecule has 3 rings (SSSR count). The first-order valence-corrected chi connectivity index (χ1v) is 7.30. The van der Waals surface area contributed by atoms with Crippen molar-refractivity contribution in [2.24, 2.45) is 23.5 Å². The topological polar surface area (TPSA) is 55.1 Å². The van der Waals surface area contributed by atoms with Crippen molar-refractivity contribution in [3.05, 3.63) is 29.8 Å². The molecule has 0 heterocycles. The van der Waals surface area contributed by atoms with E-state index in [1.54, 1.807) is 0 Å². The molecule has 19 heavy (non-hydrogen) atoms. The minimum Gasteiger partial charge on any atom is -0.326 e. The predicted molar refractivity (Wildman–Crippen MR) is 76.6 cm³/mol. The maximum absolute atomic E-state index is 12.3. The standard InChI is InChI=1S/C16H22N2O/c1-10(17)12-4-6-14(7-5-12)18-16(19)15-9-11-2-3-13(15)8-11/h4-7,10-11,13,15H,2-3,8-9,17H2,1H3,(H,18,19). The minimum atomic E-state index is 0.0373. The van der Waals surface area contributed by atoms with Gasteiger partial charge in [0.25, 0.3) is 0 Å². The van der Waals surface area contributed by atoms with E-state index in [-0.39, 0.29) is 17.9 Å². The van der Waals surface area contributed by atoms with Gasteiger partial charge in [0.1, 0.15) is 0 Å². The first-order valence-electron chi connectivity index (χ1n) is 7.30. The Morgan fingerprint density at radius 1 is 1.26 bits per heavy atom. The van der Waals surface area contributed by atoms with Gasteiger partial charge in [-0.2, -0.15) is 0 Å². The number of fused-ring (bicyclic) bond motifs is 2. The van der Waals surface area contributed by atoms with Gasteiger partial charge < -0.3 is 11.1 Å². The maximum atomic E-state index is 12.3. The molecular weight excluding hydrogens is 236 g/mol. The van der Waals surface area contributed by atoms with E-state index in [2.05, 4.69) is 5.32 Å². The highest BCUT2D eigenvalue weighted by Crippen LogP contribution is 2.48. The van der Waals surface area contributed by atoms with Gasteiger partial charge >= 0.3 is 0 Å². The molecule has 2 bridgehead atoms. The van der Waals surface area contributed by atoms with Crippen molar-refractivity contribution in [2.45, 2.75) is 38.6 Å². The molecule has 0 spiro atoms. The van der Waals surface area contributed by atoms with Crippen molar-refractivity contribution in [1.82, 2.24) is 0 Å². The zero-order valence-corrected chi connectivity index (χ0v) is 11.4. The number of carbonyl (C=O) groups is 1. The number of carbonyl (C=O) groups excluding carboxylic acids is 1. The van der Waals surface area contributed by atoms with Crippen LogP contribution in [0.4, 0.5) is 5.69 Å². The quantitative estimate of drug-likeness (QED) is 0.875. The Balaban J connectivity index is 1.63. The van der Waals surface area contributed by atoms with Crippen LogP contribution in [-0.2, 0) is 4.79 Å². The van der Waals surface area contributed by atoms with Crippen LogP contribution in [0.25, 0.3) is 0 Å². The second-order valence-electron chi connectivity index (χ2n) is 6.18. The lowest BCUT2D eigenvalue weighted by atomic mass is 9.88. The zero-order chi connectivity index (χ0) is 13.4. The highest BCUT2D eigenvalue weighted by atomic mass is 16.1. The lowest BCUT2D eigenvalue weighted by molar-refractivity contribution is -0.121. The predicted octanol–water partition coefficient (Wildman–Crippen LogP) is 3.08. The second-order valence-corrected chi connectivity index (χ2v) is 6.18. The van der Waals surface area contributed by atoms with Crippen LogP contribution in [0.15, 0.2) is 24.3 Å². The maximum Gasteiger partial charge on any atom is 0.227 e. The summed E-state index contributed by atoms with van der Waals surface area (Å²) in [5.41, 5.74) is 7.80. The summed E-state index contributed by atoms with van der Waals surface area (Å²) < 4.78 is 0. The average molecular weight is 258 g/mol. The van der Waals surface area contributed by atoms with Crippen LogP contribution in [0.1, 0.15) is 44.2 Å². The van der Waals surface area contributed by atoms with Gasteiger partial charge in [-0.25, -0.2) is 0 Å². The van der Waals surface area contributed by atoms with Crippen LogP contribution in [0, 0.1) is 17.8 Å². The number of nitrogens with one attached hydrogen (secondary N) is 1. The van der Waals surface area contributed by atoms with Crippen molar-refractivity contribution in [1.29, 1.82) is 0 Å². The molecule has 3 nitrogen and oxygen atoms in total. The van der Waals surface area contributed by atoms with Gasteiger partial charge in [-0.1, -0.05) is 18.6 Å². The Morgan fingerprint density at radius 3 is 2.53 bits per heavy atom. The van der Waals surface area contributed by atoms with E-state index in [0.29, 0.717) is 5.92 Å². The summed E-state index contributed by atoms with van der Waals surface area (Å²) >= 11 is 0. The molecule has 2 aliphatic rings. The number of hydrogen-bond acceptors (Lipinski definition) is 2. The lowest BCUT2D eigenvalue weighted by Gasteiger charge is -2.20. The second kappa shape index (κ2) is 4.97. The van der Waals surface area contributed by atoms with E-state index in [4.69, 9.17) is 5.73 Å². The molecule has 2 saturated carbocycles. The van der Waals surface area contributed by atoms with Crippen molar-refractivity contribution in [3.63, 3.8) is 0 Å². The zero-order valence-electron chi connectivity index (χ0n) is 11.4. The van der Waals surface area contributed by atoms with E-state index < -0.39 is 0 Å². The summed E-state index contributed by atoms with van der Waals surface area (Å²) in [5, 5.41) is 3.06. The van der Waals surface area contributed by atoms with E-state index >= 15 is 0 Å². The Hall–Kier alpha value is -1.35. The average Bonchev–Trinajstić information content (AvgIpc) is 3.01. The fourth-order valence-corrected chi connectivity index (χ4v) is 3.67. The third-order valence-electron chi connectivity index (χ3n) is 4.78. The molecule has 102 valence electrons. The summed E-state index contributed by atoms with van der Waals surface area (Å²) in [5.74, 6) is 1.89. The van der Waals surface area contributed by atoms with Crippen molar-refractivity contribution >= 4 is 11.6 Å². The van der Waals surface area contributed by atoms with Crippen LogP contribution in [0.3, 0.4) is 0 Å². The van der Waals surface area contributed by atoms with Crippen LogP contribution in [-0.4, -0.2) is 5.91 Å². The number of rotatable bonds is 3. The number of anilines is 1. The molecule has 4 atom stereocenters. The Bertz CT molecular complexity index is 466. The minimum absolute atomic E-state index is 0.0373.